The summed E-state index contributed by atoms with van der Waals surface area (Å²) in [4.78, 5) is 49.3. The number of nitrogens with one attached hydrogen (secondary N) is 1. The van der Waals surface area contributed by atoms with Crippen molar-refractivity contribution >= 4 is 47.2 Å². The quantitative estimate of drug-likeness (QED) is 0.472. The number of hydrogen-bond donors (Lipinski definition) is 2. The van der Waals surface area contributed by atoms with Crippen LogP contribution in [0.1, 0.15) is 16.1 Å². The molecular weight excluding hydrogens is 424 g/mol. The molecule has 0 atom stereocenters. The summed E-state index contributed by atoms with van der Waals surface area (Å²) < 4.78 is 5.66. The Bertz CT molecular complexity index is 1260. The van der Waals surface area contributed by atoms with Crippen LogP contribution >= 0.6 is 11.6 Å². The smallest absolute Gasteiger partial charge is 0.335 e. The van der Waals surface area contributed by atoms with Crippen LogP contribution in [0.15, 0.2) is 70.7 Å². The van der Waals surface area contributed by atoms with E-state index in [9.17, 15) is 19.2 Å². The van der Waals surface area contributed by atoms with Crippen molar-refractivity contribution < 1.29 is 28.7 Å². The first kappa shape index (κ1) is 20.1. The van der Waals surface area contributed by atoms with E-state index in [0.717, 1.165) is 4.90 Å². The van der Waals surface area contributed by atoms with Gasteiger partial charge < -0.3 is 9.52 Å². The first-order valence-electron chi connectivity index (χ1n) is 8.94. The molecule has 0 radical (unpaired) electrons. The Morgan fingerprint density at radius 3 is 2.48 bits per heavy atom. The summed E-state index contributed by atoms with van der Waals surface area (Å²) in [5.41, 5.74) is 0.556. The number of aromatic carboxylic acids is 1. The van der Waals surface area contributed by atoms with E-state index >= 15 is 0 Å². The van der Waals surface area contributed by atoms with Gasteiger partial charge in [-0.25, -0.2) is 14.5 Å². The molecular formula is C22H13ClN2O6. The zero-order chi connectivity index (χ0) is 22.1. The highest BCUT2D eigenvalue weighted by atomic mass is 35.5. The number of rotatable bonds is 4. The summed E-state index contributed by atoms with van der Waals surface area (Å²) in [5.74, 6) is -2.22. The van der Waals surface area contributed by atoms with Crippen LogP contribution in [0.3, 0.4) is 0 Å². The Morgan fingerprint density at radius 2 is 1.77 bits per heavy atom. The zero-order valence-electron chi connectivity index (χ0n) is 15.7. The molecule has 9 heteroatoms. The fourth-order valence-corrected chi connectivity index (χ4v) is 3.14. The van der Waals surface area contributed by atoms with Crippen LogP contribution in [-0.4, -0.2) is 28.9 Å². The number of barbiturate groups is 1. The SMILES string of the molecule is O=C1NC(=O)N(c2ccc(Cl)cc2)C(=O)/C1=C/c1ccc(-c2cccc(C(=O)O)c2)o1. The summed E-state index contributed by atoms with van der Waals surface area (Å²) in [6.45, 7) is 0. The van der Waals surface area contributed by atoms with Gasteiger partial charge in [0.1, 0.15) is 17.1 Å². The number of anilines is 1. The molecule has 4 rings (SSSR count). The van der Waals surface area contributed by atoms with Gasteiger partial charge in [0.25, 0.3) is 11.8 Å². The largest absolute Gasteiger partial charge is 0.478 e. The monoisotopic (exact) mass is 436 g/mol. The highest BCUT2D eigenvalue weighted by molar-refractivity contribution is 6.39. The number of carbonyl (C=O) groups excluding carboxylic acids is 3. The Hall–Kier alpha value is -4.17. The van der Waals surface area contributed by atoms with Gasteiger partial charge >= 0.3 is 12.0 Å². The van der Waals surface area contributed by atoms with Crippen LogP contribution in [0.4, 0.5) is 10.5 Å². The minimum Gasteiger partial charge on any atom is -0.478 e. The third-order valence-corrected chi connectivity index (χ3v) is 4.75. The van der Waals surface area contributed by atoms with E-state index in [1.165, 1.54) is 48.5 Å². The molecule has 154 valence electrons. The van der Waals surface area contributed by atoms with Gasteiger partial charge in [-0.15, -0.1) is 0 Å². The number of urea groups is 1. The number of halogens is 1. The number of benzene rings is 2. The highest BCUT2D eigenvalue weighted by Crippen LogP contribution is 2.27. The maximum Gasteiger partial charge on any atom is 0.335 e. The second-order valence-electron chi connectivity index (χ2n) is 6.52. The fraction of sp³-hybridized carbons (Fsp3) is 0. The van der Waals surface area contributed by atoms with Gasteiger partial charge in [-0.05, 0) is 54.6 Å². The average Bonchev–Trinajstić information content (AvgIpc) is 3.21. The van der Waals surface area contributed by atoms with Crippen LogP contribution in [0, 0.1) is 0 Å². The molecule has 1 aliphatic heterocycles. The predicted molar refractivity (Wildman–Crippen MR) is 112 cm³/mol. The van der Waals surface area contributed by atoms with Crippen LogP contribution in [0.2, 0.25) is 5.02 Å². The van der Waals surface area contributed by atoms with E-state index in [2.05, 4.69) is 5.32 Å². The number of furan rings is 1. The van der Waals surface area contributed by atoms with Gasteiger partial charge in [0.15, 0.2) is 0 Å². The topological polar surface area (TPSA) is 117 Å². The second-order valence-corrected chi connectivity index (χ2v) is 6.96. The molecule has 2 N–H and O–H groups in total. The van der Waals surface area contributed by atoms with Crippen molar-refractivity contribution in [1.29, 1.82) is 0 Å². The minimum absolute atomic E-state index is 0.0905. The van der Waals surface area contributed by atoms with Crippen molar-refractivity contribution in [1.82, 2.24) is 5.32 Å². The Balaban J connectivity index is 1.66. The Morgan fingerprint density at radius 1 is 1.03 bits per heavy atom. The third-order valence-electron chi connectivity index (χ3n) is 4.49. The highest BCUT2D eigenvalue weighted by Gasteiger charge is 2.37. The maximum atomic E-state index is 12.9. The predicted octanol–water partition coefficient (Wildman–Crippen LogP) is 3.96. The summed E-state index contributed by atoms with van der Waals surface area (Å²) in [5, 5.41) is 11.7. The standard InChI is InChI=1S/C22H13ClN2O6/c23-14-4-6-15(7-5-14)25-20(27)17(19(26)24-22(25)30)11-16-8-9-18(31-16)12-2-1-3-13(10-12)21(28)29/h1-11H,(H,28,29)(H,24,26,30)/b17-11+. The molecule has 0 unspecified atom stereocenters. The molecule has 1 aromatic heterocycles. The number of nitrogens with zero attached hydrogens (tertiary/aromatic N) is 1. The van der Waals surface area contributed by atoms with Crippen LogP contribution in [0.5, 0.6) is 0 Å². The van der Waals surface area contributed by atoms with Crippen molar-refractivity contribution in [3.63, 3.8) is 0 Å². The first-order chi connectivity index (χ1) is 14.8. The minimum atomic E-state index is -1.08. The number of carbonyl (C=O) groups is 4. The first-order valence-corrected chi connectivity index (χ1v) is 9.32. The molecule has 0 bridgehead atoms. The third kappa shape index (κ3) is 3.96. The lowest BCUT2D eigenvalue weighted by molar-refractivity contribution is -0.122. The van der Waals surface area contributed by atoms with Gasteiger partial charge in [-0.3, -0.25) is 14.9 Å². The molecule has 0 saturated carbocycles. The molecule has 1 aliphatic rings. The number of amides is 4. The molecule has 8 nitrogen and oxygen atoms in total. The Labute approximate surface area is 180 Å². The van der Waals surface area contributed by atoms with E-state index in [-0.39, 0.29) is 22.6 Å². The van der Waals surface area contributed by atoms with Crippen LogP contribution in [-0.2, 0) is 9.59 Å². The van der Waals surface area contributed by atoms with E-state index in [0.29, 0.717) is 16.3 Å². The molecule has 2 aromatic carbocycles. The maximum absolute atomic E-state index is 12.9. The van der Waals surface area contributed by atoms with Gasteiger partial charge in [-0.1, -0.05) is 23.7 Å². The zero-order valence-corrected chi connectivity index (χ0v) is 16.4. The lowest BCUT2D eigenvalue weighted by atomic mass is 10.1. The van der Waals surface area contributed by atoms with Gasteiger partial charge in [-0.2, -0.15) is 0 Å². The summed E-state index contributed by atoms with van der Waals surface area (Å²) in [6.07, 6.45) is 1.22. The van der Waals surface area contributed by atoms with Crippen molar-refractivity contribution in [2.75, 3.05) is 4.90 Å². The lowest BCUT2D eigenvalue weighted by Crippen LogP contribution is -2.54. The van der Waals surface area contributed by atoms with Crippen molar-refractivity contribution in [3.8, 4) is 11.3 Å². The number of carboxylic acids is 1. The molecule has 3 aromatic rings. The lowest BCUT2D eigenvalue weighted by Gasteiger charge is -2.26. The van der Waals surface area contributed by atoms with Crippen LogP contribution in [0.25, 0.3) is 17.4 Å². The normalized spacial score (nSPS) is 15.3. The average molecular weight is 437 g/mol. The molecule has 31 heavy (non-hydrogen) atoms. The number of imide groups is 2. The molecule has 0 aliphatic carbocycles. The molecule has 0 spiro atoms. The number of hydrogen-bond acceptors (Lipinski definition) is 5. The van der Waals surface area contributed by atoms with E-state index in [4.69, 9.17) is 21.1 Å². The molecule has 1 fully saturated rings. The van der Waals surface area contributed by atoms with Crippen molar-refractivity contribution in [2.45, 2.75) is 0 Å². The molecule has 4 amide bonds. The summed E-state index contributed by atoms with van der Waals surface area (Å²) >= 11 is 5.85. The van der Waals surface area contributed by atoms with E-state index in [1.807, 2.05) is 0 Å². The van der Waals surface area contributed by atoms with Crippen molar-refractivity contribution in [3.05, 3.63) is 82.6 Å². The fourth-order valence-electron chi connectivity index (χ4n) is 3.02. The van der Waals surface area contributed by atoms with Crippen molar-refractivity contribution in [2.24, 2.45) is 0 Å². The Kier molecular flexibility index (Phi) is 5.14. The number of carboxylic acid groups (broad SMARTS) is 1. The summed E-state index contributed by atoms with van der Waals surface area (Å²) in [6, 6.07) is 14.4. The van der Waals surface area contributed by atoms with Gasteiger partial charge in [0.2, 0.25) is 0 Å². The molecule has 2 heterocycles. The van der Waals surface area contributed by atoms with E-state index < -0.39 is 23.8 Å². The summed E-state index contributed by atoms with van der Waals surface area (Å²) in [7, 11) is 0. The van der Waals surface area contributed by atoms with Gasteiger partial charge in [0, 0.05) is 10.6 Å². The molecule has 1 saturated heterocycles. The van der Waals surface area contributed by atoms with Crippen LogP contribution < -0.4 is 10.2 Å². The van der Waals surface area contributed by atoms with Gasteiger partial charge in [0.05, 0.1) is 11.3 Å². The second kappa shape index (κ2) is 7.92. The van der Waals surface area contributed by atoms with E-state index in [1.54, 1.807) is 18.2 Å².